The molecule has 0 atom stereocenters. The Labute approximate surface area is 106 Å². The highest BCUT2D eigenvalue weighted by Gasteiger charge is 2.06. The summed E-state index contributed by atoms with van der Waals surface area (Å²) in [7, 11) is 0. The average Bonchev–Trinajstić information content (AvgIpc) is 2.73. The number of benzene rings is 1. The molecule has 3 nitrogen and oxygen atoms in total. The molecule has 0 radical (unpaired) electrons. The van der Waals surface area contributed by atoms with E-state index in [-0.39, 0.29) is 5.56 Å². The summed E-state index contributed by atoms with van der Waals surface area (Å²) in [6.45, 7) is 0.320. The number of carboxylic acid groups (broad SMARTS) is 1. The van der Waals surface area contributed by atoms with Crippen molar-refractivity contribution >= 4 is 23.0 Å². The summed E-state index contributed by atoms with van der Waals surface area (Å²) in [5.74, 6) is -2.31. The summed E-state index contributed by atoms with van der Waals surface area (Å²) >= 11 is 1.27. The lowest BCUT2D eigenvalue weighted by Crippen LogP contribution is -1.99. The van der Waals surface area contributed by atoms with E-state index < -0.39 is 17.6 Å². The van der Waals surface area contributed by atoms with E-state index in [9.17, 15) is 13.6 Å². The lowest BCUT2D eigenvalue weighted by molar-refractivity contribution is 0.0697. The van der Waals surface area contributed by atoms with Gasteiger partial charge >= 0.3 is 5.97 Å². The normalized spacial score (nSPS) is 10.3. The molecule has 6 heteroatoms. The molecule has 0 aliphatic rings. The van der Waals surface area contributed by atoms with Crippen LogP contribution >= 0.6 is 11.3 Å². The number of thiophene rings is 1. The van der Waals surface area contributed by atoms with Crippen molar-refractivity contribution in [2.45, 2.75) is 6.54 Å². The van der Waals surface area contributed by atoms with Gasteiger partial charge in [-0.15, -0.1) is 11.3 Å². The minimum absolute atomic E-state index is 0.210. The summed E-state index contributed by atoms with van der Waals surface area (Å²) in [5.41, 5.74) is 0.528. The van der Waals surface area contributed by atoms with Gasteiger partial charge in [-0.05, 0) is 18.2 Å². The van der Waals surface area contributed by atoms with Crippen molar-refractivity contribution in [3.8, 4) is 0 Å². The number of halogens is 2. The van der Waals surface area contributed by atoms with Crippen LogP contribution in [0.3, 0.4) is 0 Å². The van der Waals surface area contributed by atoms with Gasteiger partial charge in [0.2, 0.25) is 0 Å². The summed E-state index contributed by atoms with van der Waals surface area (Å²) in [6.07, 6.45) is 0. The zero-order valence-electron chi connectivity index (χ0n) is 9.11. The van der Waals surface area contributed by atoms with Crippen LogP contribution in [0.4, 0.5) is 14.5 Å². The van der Waals surface area contributed by atoms with E-state index in [0.717, 1.165) is 10.9 Å². The first kappa shape index (κ1) is 12.5. The Morgan fingerprint density at radius 1 is 1.22 bits per heavy atom. The molecule has 1 heterocycles. The maximum absolute atomic E-state index is 12.9. The Morgan fingerprint density at radius 3 is 2.44 bits per heavy atom. The van der Waals surface area contributed by atoms with Crippen LogP contribution in [0, 0.1) is 11.6 Å². The fraction of sp³-hybridized carbons (Fsp3) is 0.0833. The second kappa shape index (κ2) is 5.14. The molecule has 0 saturated carbocycles. The van der Waals surface area contributed by atoms with Crippen molar-refractivity contribution in [3.05, 3.63) is 51.7 Å². The number of aromatic carboxylic acids is 1. The molecule has 1 aromatic heterocycles. The van der Waals surface area contributed by atoms with Gasteiger partial charge < -0.3 is 10.4 Å². The van der Waals surface area contributed by atoms with E-state index in [2.05, 4.69) is 5.32 Å². The van der Waals surface area contributed by atoms with Crippen molar-refractivity contribution in [1.29, 1.82) is 0 Å². The SMILES string of the molecule is O=C(O)c1csc(CNc2cc(F)cc(F)c2)c1. The minimum Gasteiger partial charge on any atom is -0.478 e. The third-order valence-corrected chi connectivity index (χ3v) is 3.17. The summed E-state index contributed by atoms with van der Waals surface area (Å²) in [4.78, 5) is 11.4. The van der Waals surface area contributed by atoms with Gasteiger partial charge in [0.15, 0.2) is 0 Å². The highest BCUT2D eigenvalue weighted by molar-refractivity contribution is 7.10. The van der Waals surface area contributed by atoms with Gasteiger partial charge in [-0.3, -0.25) is 0 Å². The number of nitrogens with one attached hydrogen (secondary N) is 1. The average molecular weight is 269 g/mol. The number of hydrogen-bond acceptors (Lipinski definition) is 3. The smallest absolute Gasteiger partial charge is 0.336 e. The van der Waals surface area contributed by atoms with Crippen LogP contribution in [0.2, 0.25) is 0 Å². The first-order valence-electron chi connectivity index (χ1n) is 5.05. The van der Waals surface area contributed by atoms with Crippen LogP contribution in [-0.2, 0) is 6.54 Å². The van der Waals surface area contributed by atoms with Crippen LogP contribution in [0.1, 0.15) is 15.2 Å². The van der Waals surface area contributed by atoms with E-state index in [4.69, 9.17) is 5.11 Å². The Kier molecular flexibility index (Phi) is 3.57. The molecular formula is C12H9F2NO2S. The van der Waals surface area contributed by atoms with E-state index in [0.29, 0.717) is 12.2 Å². The quantitative estimate of drug-likeness (QED) is 0.895. The molecule has 2 N–H and O–H groups in total. The molecule has 0 bridgehead atoms. The molecule has 18 heavy (non-hydrogen) atoms. The molecule has 0 unspecified atom stereocenters. The first-order chi connectivity index (χ1) is 8.54. The number of hydrogen-bond donors (Lipinski definition) is 2. The van der Waals surface area contributed by atoms with Crippen molar-refractivity contribution in [1.82, 2.24) is 0 Å². The standard InChI is InChI=1S/C12H9F2NO2S/c13-8-2-9(14)4-10(3-8)15-5-11-1-7(6-18-11)12(16)17/h1-4,6,15H,5H2,(H,16,17). The Balaban J connectivity index is 2.04. The summed E-state index contributed by atoms with van der Waals surface area (Å²) < 4.78 is 25.8. The van der Waals surface area contributed by atoms with E-state index in [1.165, 1.54) is 34.9 Å². The van der Waals surface area contributed by atoms with Gasteiger partial charge in [0.25, 0.3) is 0 Å². The third-order valence-electron chi connectivity index (χ3n) is 2.23. The highest BCUT2D eigenvalue weighted by Crippen LogP contribution is 2.18. The maximum Gasteiger partial charge on any atom is 0.336 e. The van der Waals surface area contributed by atoms with Crippen molar-refractivity contribution < 1.29 is 18.7 Å². The van der Waals surface area contributed by atoms with Crippen LogP contribution < -0.4 is 5.32 Å². The van der Waals surface area contributed by atoms with E-state index in [1.54, 1.807) is 0 Å². The Hall–Kier alpha value is -1.95. The van der Waals surface area contributed by atoms with Crippen LogP contribution in [-0.4, -0.2) is 11.1 Å². The molecule has 0 aliphatic heterocycles. The molecule has 1 aromatic carbocycles. The molecule has 0 aliphatic carbocycles. The highest BCUT2D eigenvalue weighted by atomic mass is 32.1. The Bertz CT molecular complexity index is 563. The lowest BCUT2D eigenvalue weighted by Gasteiger charge is -2.04. The molecule has 0 saturated heterocycles. The second-order valence-electron chi connectivity index (χ2n) is 3.62. The molecule has 0 spiro atoms. The van der Waals surface area contributed by atoms with E-state index in [1.807, 2.05) is 0 Å². The molecule has 0 amide bonds. The summed E-state index contributed by atoms with van der Waals surface area (Å²) in [5, 5.41) is 13.1. The zero-order chi connectivity index (χ0) is 13.1. The summed E-state index contributed by atoms with van der Waals surface area (Å²) in [6, 6.07) is 4.66. The molecule has 2 rings (SSSR count). The maximum atomic E-state index is 12.9. The van der Waals surface area contributed by atoms with Gasteiger partial charge in [-0.25, -0.2) is 13.6 Å². The van der Waals surface area contributed by atoms with Gasteiger partial charge in [0.1, 0.15) is 11.6 Å². The second-order valence-corrected chi connectivity index (χ2v) is 4.61. The largest absolute Gasteiger partial charge is 0.478 e. The minimum atomic E-state index is -0.991. The molecule has 0 fully saturated rings. The monoisotopic (exact) mass is 269 g/mol. The van der Waals surface area contributed by atoms with E-state index >= 15 is 0 Å². The van der Waals surface area contributed by atoms with Gasteiger partial charge in [-0.1, -0.05) is 0 Å². The predicted octanol–water partition coefficient (Wildman–Crippen LogP) is 3.34. The van der Waals surface area contributed by atoms with Crippen molar-refractivity contribution in [2.24, 2.45) is 0 Å². The zero-order valence-corrected chi connectivity index (χ0v) is 9.93. The predicted molar refractivity (Wildman–Crippen MR) is 65.0 cm³/mol. The van der Waals surface area contributed by atoms with Crippen LogP contribution in [0.25, 0.3) is 0 Å². The fourth-order valence-electron chi connectivity index (χ4n) is 1.43. The lowest BCUT2D eigenvalue weighted by atomic mass is 10.3. The first-order valence-corrected chi connectivity index (χ1v) is 5.93. The van der Waals surface area contributed by atoms with Gasteiger partial charge in [0, 0.05) is 28.6 Å². The molecule has 2 aromatic rings. The number of carbonyl (C=O) groups is 1. The number of anilines is 1. The van der Waals surface area contributed by atoms with Crippen molar-refractivity contribution in [3.63, 3.8) is 0 Å². The topological polar surface area (TPSA) is 49.3 Å². The van der Waals surface area contributed by atoms with Crippen molar-refractivity contribution in [2.75, 3.05) is 5.32 Å². The third kappa shape index (κ3) is 3.04. The van der Waals surface area contributed by atoms with Gasteiger partial charge in [0.05, 0.1) is 5.56 Å². The van der Waals surface area contributed by atoms with Crippen LogP contribution in [0.5, 0.6) is 0 Å². The molecule has 94 valence electrons. The molecular weight excluding hydrogens is 260 g/mol. The van der Waals surface area contributed by atoms with Gasteiger partial charge in [-0.2, -0.15) is 0 Å². The van der Waals surface area contributed by atoms with Crippen LogP contribution in [0.15, 0.2) is 29.6 Å². The number of rotatable bonds is 4. The number of carboxylic acids is 1. The fourth-order valence-corrected chi connectivity index (χ4v) is 2.23. The Morgan fingerprint density at radius 2 is 1.89 bits per heavy atom.